The number of rotatable bonds is 6. The number of ether oxygens (including phenoxy) is 2. The van der Waals surface area contributed by atoms with E-state index in [-0.39, 0.29) is 24.2 Å². The lowest BCUT2D eigenvalue weighted by molar-refractivity contribution is -0.193. The molecule has 0 radical (unpaired) electrons. The molecule has 1 aromatic heterocycles. The molecule has 1 spiro atoms. The van der Waals surface area contributed by atoms with Gasteiger partial charge < -0.3 is 29.9 Å². The maximum absolute atomic E-state index is 12.8. The Labute approximate surface area is 242 Å². The van der Waals surface area contributed by atoms with Gasteiger partial charge in [-0.3, -0.25) is 9.78 Å². The number of pyridine rings is 1. The zero-order chi connectivity index (χ0) is 32.1. The number of aromatic nitrogens is 1. The minimum atomic E-state index is -5.08. The SMILES string of the molecule is O=C(COc1ccccc1)N1CCOC2(CCCCC2NCc2cccnc2)C1.O=C(O)C(F)(F)F.O=C(O)C(F)(F)F. The summed E-state index contributed by atoms with van der Waals surface area (Å²) < 4.78 is 75.5. The van der Waals surface area contributed by atoms with Crippen LogP contribution in [0.15, 0.2) is 54.9 Å². The first kappa shape index (κ1) is 35.3. The summed E-state index contributed by atoms with van der Waals surface area (Å²) >= 11 is 0. The molecule has 2 aliphatic rings. The van der Waals surface area contributed by atoms with Crippen LogP contribution in [0.4, 0.5) is 26.3 Å². The molecule has 3 N–H and O–H groups in total. The highest BCUT2D eigenvalue weighted by atomic mass is 19.4. The number of nitrogens with zero attached hydrogens (tertiary/aromatic N) is 2. The number of hydrogen-bond donors (Lipinski definition) is 3. The average molecular weight is 624 g/mol. The molecule has 2 heterocycles. The molecule has 238 valence electrons. The predicted molar refractivity (Wildman–Crippen MR) is 138 cm³/mol. The molecule has 16 heteroatoms. The number of alkyl halides is 6. The number of hydrogen-bond acceptors (Lipinski definition) is 7. The fourth-order valence-electron chi connectivity index (χ4n) is 4.38. The molecule has 4 rings (SSSR count). The second-order valence-electron chi connectivity index (χ2n) is 9.48. The van der Waals surface area contributed by atoms with Crippen LogP contribution in [0.2, 0.25) is 0 Å². The van der Waals surface area contributed by atoms with Crippen LogP contribution in [0.25, 0.3) is 0 Å². The number of carbonyl (C=O) groups is 3. The summed E-state index contributed by atoms with van der Waals surface area (Å²) in [4.78, 5) is 36.7. The molecule has 2 atom stereocenters. The van der Waals surface area contributed by atoms with Gasteiger partial charge in [-0.15, -0.1) is 0 Å². The van der Waals surface area contributed by atoms with Gasteiger partial charge in [0.25, 0.3) is 5.91 Å². The van der Waals surface area contributed by atoms with Crippen LogP contribution in [-0.4, -0.2) is 88.2 Å². The third-order valence-electron chi connectivity index (χ3n) is 6.41. The standard InChI is InChI=1S/C23H29N3O3.2C2HF3O2/c27-22(17-28-20-8-2-1-3-9-20)26-13-14-29-23(18-26)11-5-4-10-21(23)25-16-19-7-6-12-24-15-19;2*3-2(4,5)1(6)7/h1-3,6-9,12,15,21,25H,4-5,10-11,13-14,16-18H2;2*(H,6,7). The average Bonchev–Trinajstić information content (AvgIpc) is 2.96. The van der Waals surface area contributed by atoms with Gasteiger partial charge >= 0.3 is 24.3 Å². The van der Waals surface area contributed by atoms with Gasteiger partial charge in [0.05, 0.1) is 13.2 Å². The van der Waals surface area contributed by atoms with E-state index >= 15 is 0 Å². The van der Waals surface area contributed by atoms with Gasteiger partial charge in [0.1, 0.15) is 11.4 Å². The van der Waals surface area contributed by atoms with E-state index in [1.807, 2.05) is 47.5 Å². The molecule has 1 saturated heterocycles. The minimum Gasteiger partial charge on any atom is -0.484 e. The molecule has 43 heavy (non-hydrogen) atoms. The zero-order valence-electron chi connectivity index (χ0n) is 22.7. The Morgan fingerprint density at radius 2 is 1.63 bits per heavy atom. The van der Waals surface area contributed by atoms with Gasteiger partial charge in [-0.2, -0.15) is 26.3 Å². The highest BCUT2D eigenvalue weighted by molar-refractivity contribution is 5.78. The monoisotopic (exact) mass is 623 g/mol. The van der Waals surface area contributed by atoms with Crippen LogP contribution in [-0.2, 0) is 25.7 Å². The third kappa shape index (κ3) is 12.1. The topological polar surface area (TPSA) is 138 Å². The number of carbonyl (C=O) groups excluding carboxylic acids is 1. The van der Waals surface area contributed by atoms with E-state index in [0.717, 1.165) is 37.1 Å². The highest BCUT2D eigenvalue weighted by Gasteiger charge is 2.46. The third-order valence-corrected chi connectivity index (χ3v) is 6.41. The van der Waals surface area contributed by atoms with Crippen molar-refractivity contribution in [1.29, 1.82) is 0 Å². The smallest absolute Gasteiger partial charge is 0.484 e. The fraction of sp³-hybridized carbons (Fsp3) is 0.481. The summed E-state index contributed by atoms with van der Waals surface area (Å²) in [5, 5.41) is 17.9. The van der Waals surface area contributed by atoms with E-state index in [1.54, 1.807) is 6.20 Å². The minimum absolute atomic E-state index is 0.0214. The molecule has 10 nitrogen and oxygen atoms in total. The maximum atomic E-state index is 12.8. The Kier molecular flexibility index (Phi) is 13.2. The molecular formula is C27H31F6N3O7. The number of halogens is 6. The second-order valence-corrected chi connectivity index (χ2v) is 9.48. The number of carboxylic acids is 2. The number of amides is 1. The molecule has 1 aromatic carbocycles. The lowest BCUT2D eigenvalue weighted by Gasteiger charge is -2.49. The van der Waals surface area contributed by atoms with Crippen molar-refractivity contribution < 1.29 is 60.4 Å². The quantitative estimate of drug-likeness (QED) is 0.407. The van der Waals surface area contributed by atoms with Crippen LogP contribution < -0.4 is 10.1 Å². The summed E-state index contributed by atoms with van der Waals surface area (Å²) in [6, 6.07) is 13.7. The first-order chi connectivity index (χ1) is 20.1. The van der Waals surface area contributed by atoms with E-state index in [2.05, 4.69) is 16.4 Å². The first-order valence-corrected chi connectivity index (χ1v) is 13.0. The van der Waals surface area contributed by atoms with Crippen molar-refractivity contribution in [3.8, 4) is 5.75 Å². The molecule has 1 saturated carbocycles. The number of carboxylic acid groups (broad SMARTS) is 2. The van der Waals surface area contributed by atoms with Crippen LogP contribution in [0.3, 0.4) is 0 Å². The molecule has 1 aliphatic carbocycles. The summed E-state index contributed by atoms with van der Waals surface area (Å²) in [5.41, 5.74) is 0.842. The molecule has 0 bridgehead atoms. The summed E-state index contributed by atoms with van der Waals surface area (Å²) in [7, 11) is 0. The summed E-state index contributed by atoms with van der Waals surface area (Å²) in [6.07, 6.45) is -2.14. The second kappa shape index (κ2) is 16.1. The Morgan fingerprint density at radius 1 is 1.00 bits per heavy atom. The van der Waals surface area contributed by atoms with Crippen molar-refractivity contribution in [2.75, 3.05) is 26.3 Å². The van der Waals surface area contributed by atoms with Gasteiger partial charge in [-0.1, -0.05) is 37.1 Å². The van der Waals surface area contributed by atoms with Crippen molar-refractivity contribution in [1.82, 2.24) is 15.2 Å². The van der Waals surface area contributed by atoms with E-state index in [4.69, 9.17) is 29.3 Å². The first-order valence-electron chi connectivity index (χ1n) is 13.0. The van der Waals surface area contributed by atoms with Gasteiger partial charge in [0, 0.05) is 31.5 Å². The number of morpholine rings is 1. The summed E-state index contributed by atoms with van der Waals surface area (Å²) in [5.74, 6) is -4.77. The maximum Gasteiger partial charge on any atom is 0.490 e. The van der Waals surface area contributed by atoms with Crippen molar-refractivity contribution in [3.63, 3.8) is 0 Å². The lowest BCUT2D eigenvalue weighted by Crippen LogP contribution is -2.64. The van der Waals surface area contributed by atoms with Crippen molar-refractivity contribution >= 4 is 17.8 Å². The van der Waals surface area contributed by atoms with Gasteiger partial charge in [0.2, 0.25) is 0 Å². The number of nitrogens with one attached hydrogen (secondary N) is 1. The highest BCUT2D eigenvalue weighted by Crippen LogP contribution is 2.35. The molecule has 2 unspecified atom stereocenters. The Hall–Kier alpha value is -3.92. The number of para-hydroxylation sites is 1. The zero-order valence-corrected chi connectivity index (χ0v) is 22.7. The summed E-state index contributed by atoms with van der Waals surface area (Å²) in [6.45, 7) is 2.63. The van der Waals surface area contributed by atoms with Gasteiger partial charge in [-0.05, 0) is 36.6 Å². The molecule has 1 amide bonds. The molecular weight excluding hydrogens is 592 g/mol. The van der Waals surface area contributed by atoms with Crippen LogP contribution in [0.1, 0.15) is 31.2 Å². The molecule has 1 aliphatic heterocycles. The van der Waals surface area contributed by atoms with Crippen LogP contribution in [0.5, 0.6) is 5.75 Å². The normalized spacial score (nSPS) is 20.1. The fourth-order valence-corrected chi connectivity index (χ4v) is 4.38. The van der Waals surface area contributed by atoms with E-state index in [0.29, 0.717) is 19.7 Å². The van der Waals surface area contributed by atoms with Crippen molar-refractivity contribution in [2.45, 2.75) is 56.2 Å². The van der Waals surface area contributed by atoms with Crippen LogP contribution >= 0.6 is 0 Å². The predicted octanol–water partition coefficient (Wildman–Crippen LogP) is 4.06. The molecule has 2 aromatic rings. The lowest BCUT2D eigenvalue weighted by atomic mass is 9.78. The largest absolute Gasteiger partial charge is 0.490 e. The Bertz CT molecular complexity index is 1140. The van der Waals surface area contributed by atoms with E-state index < -0.39 is 24.3 Å². The van der Waals surface area contributed by atoms with Crippen LogP contribution in [0, 0.1) is 0 Å². The van der Waals surface area contributed by atoms with Crippen molar-refractivity contribution in [2.24, 2.45) is 0 Å². The van der Waals surface area contributed by atoms with Crippen molar-refractivity contribution in [3.05, 3.63) is 60.4 Å². The number of benzene rings is 1. The Balaban J connectivity index is 0.000000384. The van der Waals surface area contributed by atoms with Gasteiger partial charge in [0.15, 0.2) is 6.61 Å². The Morgan fingerprint density at radius 3 is 2.19 bits per heavy atom. The molecule has 2 fully saturated rings. The van der Waals surface area contributed by atoms with E-state index in [1.165, 1.54) is 6.42 Å². The number of aliphatic carboxylic acids is 2. The van der Waals surface area contributed by atoms with E-state index in [9.17, 15) is 31.1 Å². The van der Waals surface area contributed by atoms with Gasteiger partial charge in [-0.25, -0.2) is 9.59 Å².